The number of benzene rings is 3. The van der Waals surface area contributed by atoms with Gasteiger partial charge in [0.2, 0.25) is 0 Å². The van der Waals surface area contributed by atoms with Crippen molar-refractivity contribution in [3.05, 3.63) is 94.3 Å². The highest BCUT2D eigenvalue weighted by Gasteiger charge is 2.19. The molecule has 3 aromatic carbocycles. The van der Waals surface area contributed by atoms with Crippen molar-refractivity contribution < 1.29 is 13.9 Å². The number of carbonyl (C=O) groups is 1. The van der Waals surface area contributed by atoms with E-state index in [0.717, 1.165) is 61.4 Å². The third-order valence-electron chi connectivity index (χ3n) is 6.09. The van der Waals surface area contributed by atoms with Gasteiger partial charge in [-0.2, -0.15) is 0 Å². The molecule has 166 valence electrons. The van der Waals surface area contributed by atoms with E-state index in [4.69, 9.17) is 4.74 Å². The SMILES string of the molecule is Cc1ccc(N2CCN(Cc3ccc(COc4cccc(C=O)c4C)cc3)CC2)c(F)c1. The quantitative estimate of drug-likeness (QED) is 0.483. The maximum absolute atomic E-state index is 14.3. The normalized spacial score (nSPS) is 14.4. The lowest BCUT2D eigenvalue weighted by Gasteiger charge is -2.36. The van der Waals surface area contributed by atoms with Gasteiger partial charge in [0.1, 0.15) is 24.5 Å². The largest absolute Gasteiger partial charge is 0.489 e. The van der Waals surface area contributed by atoms with Crippen molar-refractivity contribution in [3.63, 3.8) is 0 Å². The number of aryl methyl sites for hydroxylation is 1. The molecule has 3 aromatic rings. The number of carbonyl (C=O) groups excluding carboxylic acids is 1. The first kappa shape index (κ1) is 22.0. The molecule has 1 fully saturated rings. The molecule has 0 unspecified atom stereocenters. The minimum atomic E-state index is -0.135. The van der Waals surface area contributed by atoms with Crippen LogP contribution in [-0.4, -0.2) is 37.4 Å². The molecular formula is C27H29FN2O2. The molecule has 4 nitrogen and oxygen atoms in total. The molecule has 4 rings (SSSR count). The Morgan fingerprint density at radius 1 is 0.938 bits per heavy atom. The van der Waals surface area contributed by atoms with E-state index < -0.39 is 0 Å². The van der Waals surface area contributed by atoms with E-state index in [0.29, 0.717) is 17.9 Å². The van der Waals surface area contributed by atoms with E-state index in [-0.39, 0.29) is 5.82 Å². The van der Waals surface area contributed by atoms with Crippen molar-refractivity contribution in [2.24, 2.45) is 0 Å². The molecule has 1 saturated heterocycles. The van der Waals surface area contributed by atoms with E-state index in [1.165, 1.54) is 5.56 Å². The van der Waals surface area contributed by atoms with Crippen molar-refractivity contribution in [2.45, 2.75) is 27.0 Å². The number of nitrogens with zero attached hydrogens (tertiary/aromatic N) is 2. The van der Waals surface area contributed by atoms with Crippen LogP contribution < -0.4 is 9.64 Å². The monoisotopic (exact) mass is 432 g/mol. The summed E-state index contributed by atoms with van der Waals surface area (Å²) >= 11 is 0. The molecule has 0 bridgehead atoms. The second-order valence-electron chi connectivity index (χ2n) is 8.41. The second-order valence-corrected chi connectivity index (χ2v) is 8.41. The topological polar surface area (TPSA) is 32.8 Å². The predicted octanol–water partition coefficient (Wildman–Crippen LogP) is 5.16. The Balaban J connectivity index is 1.28. The predicted molar refractivity (Wildman–Crippen MR) is 126 cm³/mol. The van der Waals surface area contributed by atoms with Crippen molar-refractivity contribution in [3.8, 4) is 5.75 Å². The van der Waals surface area contributed by atoms with Gasteiger partial charge in [-0.15, -0.1) is 0 Å². The van der Waals surface area contributed by atoms with Gasteiger partial charge in [-0.25, -0.2) is 4.39 Å². The van der Waals surface area contributed by atoms with Crippen molar-refractivity contribution in [1.29, 1.82) is 0 Å². The standard InChI is InChI=1S/C27H29FN2O2/c1-20-6-11-26(25(28)16-20)30-14-12-29(13-15-30)17-22-7-9-23(10-8-22)19-32-27-5-3-4-24(18-31)21(27)2/h3-11,16,18H,12-15,17,19H2,1-2H3. The van der Waals surface area contributed by atoms with Crippen LogP contribution in [0.5, 0.6) is 5.75 Å². The van der Waals surface area contributed by atoms with E-state index in [9.17, 15) is 9.18 Å². The van der Waals surface area contributed by atoms with Gasteiger partial charge < -0.3 is 9.64 Å². The molecule has 0 saturated carbocycles. The minimum absolute atomic E-state index is 0.135. The highest BCUT2D eigenvalue weighted by molar-refractivity contribution is 5.78. The number of halogens is 1. The summed E-state index contributed by atoms with van der Waals surface area (Å²) in [7, 11) is 0. The van der Waals surface area contributed by atoms with Gasteiger partial charge in [-0.3, -0.25) is 9.69 Å². The Hall–Kier alpha value is -3.18. The van der Waals surface area contributed by atoms with Crippen LogP contribution in [0.25, 0.3) is 0 Å². The summed E-state index contributed by atoms with van der Waals surface area (Å²) < 4.78 is 20.2. The molecule has 0 spiro atoms. The van der Waals surface area contributed by atoms with Crippen LogP contribution in [0.1, 0.15) is 32.6 Å². The van der Waals surface area contributed by atoms with Crippen LogP contribution >= 0.6 is 0 Å². The second kappa shape index (κ2) is 9.96. The number of aldehydes is 1. The molecule has 0 amide bonds. The summed E-state index contributed by atoms with van der Waals surface area (Å²) in [5, 5.41) is 0. The molecular weight excluding hydrogens is 403 g/mol. The number of hydrogen-bond acceptors (Lipinski definition) is 4. The highest BCUT2D eigenvalue weighted by atomic mass is 19.1. The molecule has 0 aliphatic carbocycles. The Morgan fingerprint density at radius 2 is 1.66 bits per heavy atom. The number of hydrogen-bond donors (Lipinski definition) is 0. The highest BCUT2D eigenvalue weighted by Crippen LogP contribution is 2.23. The minimum Gasteiger partial charge on any atom is -0.489 e. The van der Waals surface area contributed by atoms with Gasteiger partial charge in [0.05, 0.1) is 5.69 Å². The van der Waals surface area contributed by atoms with Gasteiger partial charge in [0.25, 0.3) is 0 Å². The summed E-state index contributed by atoms with van der Waals surface area (Å²) in [4.78, 5) is 15.6. The number of rotatable bonds is 7. The van der Waals surface area contributed by atoms with Crippen LogP contribution in [0.2, 0.25) is 0 Å². The van der Waals surface area contributed by atoms with Gasteiger partial charge in [-0.05, 0) is 48.7 Å². The average Bonchev–Trinajstić information content (AvgIpc) is 2.80. The average molecular weight is 433 g/mol. The summed E-state index contributed by atoms with van der Waals surface area (Å²) in [6, 6.07) is 19.4. The molecule has 1 heterocycles. The van der Waals surface area contributed by atoms with E-state index >= 15 is 0 Å². The molecule has 0 aromatic heterocycles. The number of anilines is 1. The van der Waals surface area contributed by atoms with Gasteiger partial charge in [0, 0.05) is 43.9 Å². The lowest BCUT2D eigenvalue weighted by molar-refractivity contribution is 0.112. The Morgan fingerprint density at radius 3 is 2.34 bits per heavy atom. The summed E-state index contributed by atoms with van der Waals surface area (Å²) in [6.07, 6.45) is 0.855. The first-order valence-electron chi connectivity index (χ1n) is 11.0. The van der Waals surface area contributed by atoms with Gasteiger partial charge in [-0.1, -0.05) is 42.5 Å². The fourth-order valence-electron chi connectivity index (χ4n) is 4.09. The third kappa shape index (κ3) is 5.17. The fraction of sp³-hybridized carbons (Fsp3) is 0.296. The summed E-state index contributed by atoms with van der Waals surface area (Å²) in [5.74, 6) is 0.603. The first-order valence-corrected chi connectivity index (χ1v) is 11.0. The van der Waals surface area contributed by atoms with Crippen molar-refractivity contribution in [1.82, 2.24) is 4.90 Å². The van der Waals surface area contributed by atoms with Crippen molar-refractivity contribution >= 4 is 12.0 Å². The summed E-state index contributed by atoms with van der Waals surface area (Å²) in [6.45, 7) is 8.62. The molecule has 1 aliphatic rings. The van der Waals surface area contributed by atoms with Crippen LogP contribution in [-0.2, 0) is 13.2 Å². The van der Waals surface area contributed by atoms with Gasteiger partial charge >= 0.3 is 0 Å². The van der Waals surface area contributed by atoms with Crippen LogP contribution in [0, 0.1) is 19.7 Å². The van der Waals surface area contributed by atoms with Crippen LogP contribution in [0.15, 0.2) is 60.7 Å². The number of piperazine rings is 1. The van der Waals surface area contributed by atoms with Crippen LogP contribution in [0.4, 0.5) is 10.1 Å². The fourth-order valence-corrected chi connectivity index (χ4v) is 4.09. The van der Waals surface area contributed by atoms with E-state index in [2.05, 4.69) is 34.1 Å². The Kier molecular flexibility index (Phi) is 6.86. The molecule has 5 heteroatoms. The molecule has 0 radical (unpaired) electrons. The maximum Gasteiger partial charge on any atom is 0.150 e. The van der Waals surface area contributed by atoms with E-state index in [1.54, 1.807) is 12.1 Å². The zero-order chi connectivity index (χ0) is 22.5. The lowest BCUT2D eigenvalue weighted by Crippen LogP contribution is -2.46. The Bertz CT molecular complexity index is 1070. The molecule has 0 atom stereocenters. The molecule has 0 N–H and O–H groups in total. The smallest absolute Gasteiger partial charge is 0.150 e. The number of ether oxygens (including phenoxy) is 1. The van der Waals surface area contributed by atoms with Crippen molar-refractivity contribution in [2.75, 3.05) is 31.1 Å². The van der Waals surface area contributed by atoms with Gasteiger partial charge in [0.15, 0.2) is 0 Å². The molecule has 32 heavy (non-hydrogen) atoms. The first-order chi connectivity index (χ1) is 15.5. The zero-order valence-corrected chi connectivity index (χ0v) is 18.7. The zero-order valence-electron chi connectivity index (χ0n) is 18.7. The molecule has 1 aliphatic heterocycles. The van der Waals surface area contributed by atoms with E-state index in [1.807, 2.05) is 38.1 Å². The Labute approximate surface area is 189 Å². The maximum atomic E-state index is 14.3. The van der Waals surface area contributed by atoms with Crippen LogP contribution in [0.3, 0.4) is 0 Å². The lowest BCUT2D eigenvalue weighted by atomic mass is 10.1. The third-order valence-corrected chi connectivity index (χ3v) is 6.09. The summed E-state index contributed by atoms with van der Waals surface area (Å²) in [5.41, 5.74) is 5.51.